The lowest BCUT2D eigenvalue weighted by Crippen LogP contribution is -2.53. The summed E-state index contributed by atoms with van der Waals surface area (Å²) in [5.74, 6) is 1.72. The van der Waals surface area contributed by atoms with Gasteiger partial charge in [-0.15, -0.1) is 0 Å². The van der Waals surface area contributed by atoms with Crippen molar-refractivity contribution in [1.29, 1.82) is 0 Å². The van der Waals surface area contributed by atoms with Gasteiger partial charge in [0.1, 0.15) is 5.71 Å². The first-order chi connectivity index (χ1) is 18.2. The molecule has 38 heavy (non-hydrogen) atoms. The minimum Gasteiger partial charge on any atom is -0.390 e. The molecular formula is C32H41N3O3. The van der Waals surface area contributed by atoms with Gasteiger partial charge in [-0.3, -0.25) is 4.79 Å². The third-order valence-electron chi connectivity index (χ3n) is 10.9. The molecule has 1 amide bonds. The van der Waals surface area contributed by atoms with Crippen LogP contribution in [0.25, 0.3) is 10.9 Å². The molecule has 3 saturated carbocycles. The fourth-order valence-electron chi connectivity index (χ4n) is 8.40. The van der Waals surface area contributed by atoms with Crippen LogP contribution in [0.5, 0.6) is 0 Å². The van der Waals surface area contributed by atoms with Crippen LogP contribution in [0.3, 0.4) is 0 Å². The molecule has 0 radical (unpaired) electrons. The van der Waals surface area contributed by atoms with Crippen molar-refractivity contribution in [2.45, 2.75) is 71.3 Å². The largest absolute Gasteiger partial charge is 0.390 e. The van der Waals surface area contributed by atoms with Crippen LogP contribution in [-0.4, -0.2) is 40.5 Å². The summed E-state index contributed by atoms with van der Waals surface area (Å²) in [4.78, 5) is 21.0. The monoisotopic (exact) mass is 515 g/mol. The van der Waals surface area contributed by atoms with E-state index >= 15 is 0 Å². The van der Waals surface area contributed by atoms with Crippen molar-refractivity contribution in [2.24, 2.45) is 33.7 Å². The molecular weight excluding hydrogens is 474 g/mol. The molecule has 6 heteroatoms. The fraction of sp³-hybridized carbons (Fsp3) is 0.562. The topological polar surface area (TPSA) is 86.7 Å². The van der Waals surface area contributed by atoms with Crippen molar-refractivity contribution < 1.29 is 14.7 Å². The van der Waals surface area contributed by atoms with E-state index in [-0.39, 0.29) is 23.3 Å². The van der Waals surface area contributed by atoms with E-state index in [0.29, 0.717) is 24.3 Å². The first kappa shape index (κ1) is 25.4. The van der Waals surface area contributed by atoms with Gasteiger partial charge in [-0.05, 0) is 98.8 Å². The SMILES string of the molecule is C[C@]12C=CC(=NOCC(=O)NCCc3c[nH]c4ccccc34)C=C1CCC1C2CC[C@@]2(C)C1CC[C@]2(C)O. The molecule has 4 aliphatic rings. The van der Waals surface area contributed by atoms with Gasteiger partial charge < -0.3 is 20.2 Å². The number of aromatic amines is 1. The van der Waals surface area contributed by atoms with Crippen LogP contribution in [0.4, 0.5) is 0 Å². The van der Waals surface area contributed by atoms with Crippen LogP contribution in [0.1, 0.15) is 64.9 Å². The second-order valence-electron chi connectivity index (χ2n) is 12.7. The zero-order valence-electron chi connectivity index (χ0n) is 22.9. The lowest BCUT2D eigenvalue weighted by molar-refractivity contribution is -0.125. The maximum atomic E-state index is 12.3. The average Bonchev–Trinajstić information content (AvgIpc) is 3.41. The number of para-hydroxylation sites is 1. The minimum atomic E-state index is -0.540. The number of H-pyrrole nitrogens is 1. The number of aliphatic hydroxyl groups is 1. The van der Waals surface area contributed by atoms with Gasteiger partial charge in [0.25, 0.3) is 5.91 Å². The molecule has 0 aliphatic heterocycles. The maximum absolute atomic E-state index is 12.3. The molecule has 3 fully saturated rings. The summed E-state index contributed by atoms with van der Waals surface area (Å²) in [5, 5.41) is 19.6. The smallest absolute Gasteiger partial charge is 0.260 e. The van der Waals surface area contributed by atoms with Crippen molar-refractivity contribution in [3.8, 4) is 0 Å². The number of carbonyl (C=O) groups excluding carboxylic acids is 1. The van der Waals surface area contributed by atoms with Gasteiger partial charge in [-0.2, -0.15) is 0 Å². The van der Waals surface area contributed by atoms with Gasteiger partial charge in [0.05, 0.1) is 5.60 Å². The van der Waals surface area contributed by atoms with Crippen molar-refractivity contribution in [3.63, 3.8) is 0 Å². The summed E-state index contributed by atoms with van der Waals surface area (Å²) >= 11 is 0. The number of allylic oxidation sites excluding steroid dienone is 4. The number of amides is 1. The molecule has 1 heterocycles. The Bertz CT molecular complexity index is 1320. The van der Waals surface area contributed by atoms with Crippen LogP contribution >= 0.6 is 0 Å². The standard InChI is InChI=1S/C32H41N3O3/c1-30-14-10-23(35-38-20-29(36)33-17-13-21-19-34-28-7-5-4-6-24(21)28)18-22(30)8-9-25-26(30)11-15-31(2)27(25)12-16-32(31,3)37/h4-7,10,14,18-19,25-27,34,37H,8-9,11-13,15-17,20H2,1-3H3,(H,33,36)/t25?,26?,27?,30-,31-,32-/m0/s1. The average molecular weight is 516 g/mol. The van der Waals surface area contributed by atoms with Crippen molar-refractivity contribution in [2.75, 3.05) is 13.2 Å². The minimum absolute atomic E-state index is 0.0392. The molecule has 6 atom stereocenters. The Morgan fingerprint density at radius 3 is 2.84 bits per heavy atom. The number of fused-ring (bicyclic) bond motifs is 6. The highest BCUT2D eigenvalue weighted by atomic mass is 16.6. The quantitative estimate of drug-likeness (QED) is 0.432. The summed E-state index contributed by atoms with van der Waals surface area (Å²) in [6.45, 7) is 7.26. The van der Waals surface area contributed by atoms with Gasteiger partial charge >= 0.3 is 0 Å². The van der Waals surface area contributed by atoms with Crippen molar-refractivity contribution >= 4 is 22.5 Å². The molecule has 0 spiro atoms. The Morgan fingerprint density at radius 1 is 1.16 bits per heavy atom. The van der Waals surface area contributed by atoms with E-state index in [1.165, 1.54) is 22.9 Å². The number of nitrogens with zero attached hydrogens (tertiary/aromatic N) is 1. The number of hydrogen-bond acceptors (Lipinski definition) is 4. The zero-order valence-corrected chi connectivity index (χ0v) is 22.9. The maximum Gasteiger partial charge on any atom is 0.260 e. The molecule has 2 aromatic rings. The van der Waals surface area contributed by atoms with Crippen LogP contribution < -0.4 is 5.32 Å². The second-order valence-corrected chi connectivity index (χ2v) is 12.7. The van der Waals surface area contributed by atoms with E-state index in [9.17, 15) is 9.90 Å². The van der Waals surface area contributed by atoms with Gasteiger partial charge in [-0.1, -0.05) is 48.9 Å². The molecule has 0 bridgehead atoms. The number of oxime groups is 1. The molecule has 1 aromatic heterocycles. The van der Waals surface area contributed by atoms with Gasteiger partial charge in [-0.25, -0.2) is 0 Å². The number of rotatable bonds is 6. The summed E-state index contributed by atoms with van der Waals surface area (Å²) in [7, 11) is 0. The van der Waals surface area contributed by atoms with Crippen molar-refractivity contribution in [3.05, 3.63) is 59.8 Å². The fourth-order valence-corrected chi connectivity index (χ4v) is 8.40. The second kappa shape index (κ2) is 9.41. The summed E-state index contributed by atoms with van der Waals surface area (Å²) in [6, 6.07) is 8.19. The highest BCUT2D eigenvalue weighted by Gasteiger charge is 2.61. The summed E-state index contributed by atoms with van der Waals surface area (Å²) < 4.78 is 0. The van der Waals surface area contributed by atoms with Crippen LogP contribution in [0, 0.1) is 28.6 Å². The van der Waals surface area contributed by atoms with E-state index in [1.807, 2.05) is 18.3 Å². The molecule has 1 aromatic carbocycles. The predicted molar refractivity (Wildman–Crippen MR) is 151 cm³/mol. The van der Waals surface area contributed by atoms with E-state index < -0.39 is 5.60 Å². The number of hydrogen-bond donors (Lipinski definition) is 3. The number of carbonyl (C=O) groups is 1. The van der Waals surface area contributed by atoms with Crippen molar-refractivity contribution in [1.82, 2.24) is 10.3 Å². The molecule has 0 saturated heterocycles. The normalized spacial score (nSPS) is 36.9. The summed E-state index contributed by atoms with van der Waals surface area (Å²) in [6.07, 6.45) is 15.9. The molecule has 3 unspecified atom stereocenters. The van der Waals surface area contributed by atoms with E-state index in [2.05, 4.69) is 66.6 Å². The van der Waals surface area contributed by atoms with E-state index in [4.69, 9.17) is 4.84 Å². The molecule has 3 N–H and O–H groups in total. The molecule has 4 aliphatic carbocycles. The van der Waals surface area contributed by atoms with Crippen LogP contribution in [0.15, 0.2) is 59.4 Å². The number of aromatic nitrogens is 1. The van der Waals surface area contributed by atoms with Gasteiger partial charge in [0, 0.05) is 29.1 Å². The molecule has 202 valence electrons. The highest BCUT2D eigenvalue weighted by Crippen LogP contribution is 2.66. The molecule has 6 rings (SSSR count). The Kier molecular flexibility index (Phi) is 6.29. The summed E-state index contributed by atoms with van der Waals surface area (Å²) in [5.41, 5.74) is 4.06. The Labute approximate surface area is 225 Å². The van der Waals surface area contributed by atoms with E-state index in [1.54, 1.807) is 0 Å². The highest BCUT2D eigenvalue weighted by molar-refractivity contribution is 6.05. The number of nitrogens with one attached hydrogen (secondary N) is 2. The van der Waals surface area contributed by atoms with Crippen LogP contribution in [-0.2, 0) is 16.1 Å². The first-order valence-corrected chi connectivity index (χ1v) is 14.4. The Morgan fingerprint density at radius 2 is 1.97 bits per heavy atom. The first-order valence-electron chi connectivity index (χ1n) is 14.4. The van der Waals surface area contributed by atoms with Crippen LogP contribution in [0.2, 0.25) is 0 Å². The lowest BCUT2D eigenvalue weighted by Gasteiger charge is -2.58. The third-order valence-corrected chi connectivity index (χ3v) is 10.9. The van der Waals surface area contributed by atoms with Gasteiger partial charge in [0.2, 0.25) is 0 Å². The number of benzene rings is 1. The van der Waals surface area contributed by atoms with E-state index in [0.717, 1.165) is 49.8 Å². The van der Waals surface area contributed by atoms with Gasteiger partial charge in [0.15, 0.2) is 6.61 Å². The predicted octanol–water partition coefficient (Wildman–Crippen LogP) is 5.69. The Balaban J connectivity index is 1.03. The zero-order chi connectivity index (χ0) is 26.5. The lowest BCUT2D eigenvalue weighted by atomic mass is 9.47. The molecule has 6 nitrogen and oxygen atoms in total. The Hall–Kier alpha value is -2.86. The third kappa shape index (κ3) is 4.12.